The van der Waals surface area contributed by atoms with Crippen molar-refractivity contribution in [1.82, 2.24) is 10.2 Å². The van der Waals surface area contributed by atoms with E-state index in [1.165, 1.54) is 5.56 Å². The molecule has 1 aliphatic rings. The Morgan fingerprint density at radius 1 is 1.35 bits per heavy atom. The maximum atomic E-state index is 9.12. The molecule has 3 atom stereocenters. The fraction of sp³-hybridized carbons (Fsp3) is 0.625. The van der Waals surface area contributed by atoms with Gasteiger partial charge in [0.2, 0.25) is 0 Å². The summed E-state index contributed by atoms with van der Waals surface area (Å²) in [7, 11) is 0. The van der Waals surface area contributed by atoms with Gasteiger partial charge in [-0.25, -0.2) is 0 Å². The Morgan fingerprint density at radius 3 is 2.80 bits per heavy atom. The van der Waals surface area contributed by atoms with Crippen LogP contribution < -0.4 is 5.32 Å². The van der Waals surface area contributed by atoms with Gasteiger partial charge in [0.1, 0.15) is 0 Å². The third-order valence-electron chi connectivity index (χ3n) is 3.81. The first-order chi connectivity index (χ1) is 9.69. The van der Waals surface area contributed by atoms with Gasteiger partial charge in [0.25, 0.3) is 0 Å². The number of benzene rings is 1. The minimum absolute atomic E-state index is 0.109. The van der Waals surface area contributed by atoms with E-state index in [1.807, 2.05) is 13.0 Å². The molecule has 4 nitrogen and oxygen atoms in total. The molecule has 0 spiro atoms. The van der Waals surface area contributed by atoms with Gasteiger partial charge >= 0.3 is 0 Å². The molecule has 0 aliphatic carbocycles. The molecule has 1 aromatic carbocycles. The number of aliphatic hydroxyl groups is 1. The van der Waals surface area contributed by atoms with Crippen LogP contribution in [0.2, 0.25) is 0 Å². The maximum absolute atomic E-state index is 9.12. The standard InChI is InChI=1S/C16H26N2O2/c1-13(12-19)17-14(2)16-11-18(8-9-20-16)10-15-6-4-3-5-7-15/h3-7,13-14,16-17,19H,8-12H2,1-2H3/t13-,14?,16?/m1/s1. The summed E-state index contributed by atoms with van der Waals surface area (Å²) in [5, 5.41) is 12.5. The molecule has 20 heavy (non-hydrogen) atoms. The molecule has 1 saturated heterocycles. The van der Waals surface area contributed by atoms with Gasteiger partial charge in [0.15, 0.2) is 0 Å². The van der Waals surface area contributed by atoms with Crippen molar-refractivity contribution in [3.8, 4) is 0 Å². The highest BCUT2D eigenvalue weighted by molar-refractivity contribution is 5.14. The largest absolute Gasteiger partial charge is 0.395 e. The lowest BCUT2D eigenvalue weighted by molar-refractivity contribution is -0.0481. The molecule has 2 unspecified atom stereocenters. The predicted molar refractivity (Wildman–Crippen MR) is 80.6 cm³/mol. The third kappa shape index (κ3) is 4.56. The zero-order valence-electron chi connectivity index (χ0n) is 12.5. The van der Waals surface area contributed by atoms with Crippen molar-refractivity contribution in [3.63, 3.8) is 0 Å². The molecular formula is C16H26N2O2. The smallest absolute Gasteiger partial charge is 0.0852 e. The Kier molecular flexibility index (Phi) is 5.98. The summed E-state index contributed by atoms with van der Waals surface area (Å²) in [6, 6.07) is 10.9. The summed E-state index contributed by atoms with van der Waals surface area (Å²) in [5.74, 6) is 0. The van der Waals surface area contributed by atoms with Crippen LogP contribution >= 0.6 is 0 Å². The van der Waals surface area contributed by atoms with E-state index in [0.29, 0.717) is 0 Å². The molecule has 0 radical (unpaired) electrons. The van der Waals surface area contributed by atoms with Gasteiger partial charge in [-0.05, 0) is 19.4 Å². The summed E-state index contributed by atoms with van der Waals surface area (Å²) in [6.45, 7) is 7.93. The average molecular weight is 278 g/mol. The molecule has 1 fully saturated rings. The Bertz CT molecular complexity index is 385. The Morgan fingerprint density at radius 2 is 2.10 bits per heavy atom. The maximum Gasteiger partial charge on any atom is 0.0852 e. The van der Waals surface area contributed by atoms with Gasteiger partial charge in [-0.2, -0.15) is 0 Å². The number of hydrogen-bond donors (Lipinski definition) is 2. The average Bonchev–Trinajstić information content (AvgIpc) is 2.48. The van der Waals surface area contributed by atoms with Gasteiger partial charge in [-0.1, -0.05) is 30.3 Å². The molecule has 4 heteroatoms. The summed E-state index contributed by atoms with van der Waals surface area (Å²) in [4.78, 5) is 2.44. The number of morpholine rings is 1. The number of aliphatic hydroxyl groups excluding tert-OH is 1. The van der Waals surface area contributed by atoms with Crippen LogP contribution in [0.5, 0.6) is 0 Å². The minimum Gasteiger partial charge on any atom is -0.395 e. The minimum atomic E-state index is 0.109. The van der Waals surface area contributed by atoms with Gasteiger partial charge in [0, 0.05) is 31.7 Å². The molecule has 1 aliphatic heterocycles. The molecular weight excluding hydrogens is 252 g/mol. The zero-order valence-corrected chi connectivity index (χ0v) is 12.5. The van der Waals surface area contributed by atoms with Crippen molar-refractivity contribution in [2.75, 3.05) is 26.3 Å². The van der Waals surface area contributed by atoms with E-state index in [-0.39, 0.29) is 24.8 Å². The summed E-state index contributed by atoms with van der Waals surface area (Å²) in [6.07, 6.45) is 0.182. The van der Waals surface area contributed by atoms with Crippen LogP contribution in [0.15, 0.2) is 30.3 Å². The monoisotopic (exact) mass is 278 g/mol. The van der Waals surface area contributed by atoms with E-state index in [9.17, 15) is 0 Å². The lowest BCUT2D eigenvalue weighted by Crippen LogP contribution is -2.53. The third-order valence-corrected chi connectivity index (χ3v) is 3.81. The first-order valence-corrected chi connectivity index (χ1v) is 7.44. The van der Waals surface area contributed by atoms with Gasteiger partial charge in [-0.3, -0.25) is 4.90 Å². The topological polar surface area (TPSA) is 44.7 Å². The number of nitrogens with one attached hydrogen (secondary N) is 1. The van der Waals surface area contributed by atoms with Crippen molar-refractivity contribution in [3.05, 3.63) is 35.9 Å². The fourth-order valence-electron chi connectivity index (χ4n) is 2.63. The first kappa shape index (κ1) is 15.4. The Balaban J connectivity index is 1.85. The first-order valence-electron chi connectivity index (χ1n) is 7.44. The van der Waals surface area contributed by atoms with Crippen LogP contribution in [0.25, 0.3) is 0 Å². The van der Waals surface area contributed by atoms with E-state index in [2.05, 4.69) is 41.4 Å². The number of rotatable bonds is 6. The number of nitrogens with zero attached hydrogens (tertiary/aromatic N) is 1. The second-order valence-electron chi connectivity index (χ2n) is 5.67. The Labute approximate surface area is 121 Å². The molecule has 0 aromatic heterocycles. The Hall–Kier alpha value is -0.940. The SMILES string of the molecule is CC(N[C@H](C)CO)C1CN(Cc2ccccc2)CCO1. The highest BCUT2D eigenvalue weighted by atomic mass is 16.5. The molecule has 2 N–H and O–H groups in total. The second-order valence-corrected chi connectivity index (χ2v) is 5.67. The molecule has 1 aromatic rings. The lowest BCUT2D eigenvalue weighted by atomic mass is 10.1. The highest BCUT2D eigenvalue weighted by Crippen LogP contribution is 2.13. The molecule has 2 rings (SSSR count). The molecule has 112 valence electrons. The quantitative estimate of drug-likeness (QED) is 0.822. The van der Waals surface area contributed by atoms with Crippen LogP contribution in [0.4, 0.5) is 0 Å². The van der Waals surface area contributed by atoms with E-state index in [4.69, 9.17) is 9.84 Å². The van der Waals surface area contributed by atoms with E-state index < -0.39 is 0 Å². The predicted octanol–water partition coefficient (Wildman–Crippen LogP) is 1.25. The molecule has 0 amide bonds. The van der Waals surface area contributed by atoms with Gasteiger partial charge < -0.3 is 15.2 Å². The van der Waals surface area contributed by atoms with Crippen LogP contribution in [0.3, 0.4) is 0 Å². The van der Waals surface area contributed by atoms with Crippen LogP contribution in [-0.4, -0.2) is 54.5 Å². The normalized spacial score (nSPS) is 23.4. The summed E-state index contributed by atoms with van der Waals surface area (Å²) < 4.78 is 5.87. The molecule has 1 heterocycles. The van der Waals surface area contributed by atoms with Crippen molar-refractivity contribution in [2.24, 2.45) is 0 Å². The van der Waals surface area contributed by atoms with Crippen LogP contribution in [0.1, 0.15) is 19.4 Å². The van der Waals surface area contributed by atoms with Crippen molar-refractivity contribution in [1.29, 1.82) is 0 Å². The number of hydrogen-bond acceptors (Lipinski definition) is 4. The second kappa shape index (κ2) is 7.74. The molecule has 0 bridgehead atoms. The van der Waals surface area contributed by atoms with Crippen molar-refractivity contribution < 1.29 is 9.84 Å². The van der Waals surface area contributed by atoms with Crippen LogP contribution in [-0.2, 0) is 11.3 Å². The van der Waals surface area contributed by atoms with E-state index in [0.717, 1.165) is 26.2 Å². The lowest BCUT2D eigenvalue weighted by Gasteiger charge is -2.37. The van der Waals surface area contributed by atoms with E-state index in [1.54, 1.807) is 0 Å². The zero-order chi connectivity index (χ0) is 14.4. The van der Waals surface area contributed by atoms with Gasteiger partial charge in [0.05, 0.1) is 19.3 Å². The van der Waals surface area contributed by atoms with Crippen molar-refractivity contribution >= 4 is 0 Å². The summed E-state index contributed by atoms with van der Waals surface area (Å²) >= 11 is 0. The fourth-order valence-corrected chi connectivity index (χ4v) is 2.63. The van der Waals surface area contributed by atoms with Crippen molar-refractivity contribution in [2.45, 2.75) is 38.6 Å². The van der Waals surface area contributed by atoms with Gasteiger partial charge in [-0.15, -0.1) is 0 Å². The molecule has 0 saturated carbocycles. The summed E-state index contributed by atoms with van der Waals surface area (Å²) in [5.41, 5.74) is 1.34. The van der Waals surface area contributed by atoms with Crippen LogP contribution in [0, 0.1) is 0 Å². The highest BCUT2D eigenvalue weighted by Gasteiger charge is 2.26. The number of ether oxygens (including phenoxy) is 1. The van der Waals surface area contributed by atoms with E-state index >= 15 is 0 Å².